The van der Waals surface area contributed by atoms with Crippen molar-refractivity contribution in [1.29, 1.82) is 0 Å². The number of fused-ring (bicyclic) bond motifs is 1. The van der Waals surface area contributed by atoms with E-state index in [-0.39, 0.29) is 11.6 Å². The Morgan fingerprint density at radius 1 is 1.27 bits per heavy atom. The lowest BCUT2D eigenvalue weighted by atomic mass is 9.91. The molecular weight excluding hydrogens is 330 g/mol. The zero-order chi connectivity index (χ0) is 18.1. The number of rotatable bonds is 5. The minimum Gasteiger partial charge on any atom is -0.487 e. The first-order valence-corrected chi connectivity index (χ1v) is 9.43. The minimum absolute atomic E-state index is 0.0327. The molecular formula is C20H27N3O3. The van der Waals surface area contributed by atoms with Crippen molar-refractivity contribution in [2.45, 2.75) is 58.2 Å². The highest BCUT2D eigenvalue weighted by molar-refractivity contribution is 5.45. The summed E-state index contributed by atoms with van der Waals surface area (Å²) < 4.78 is 17.2. The predicted octanol–water partition coefficient (Wildman–Crippen LogP) is 3.35. The maximum absolute atomic E-state index is 6.20. The Hall–Kier alpha value is -1.92. The van der Waals surface area contributed by atoms with E-state index in [4.69, 9.17) is 14.0 Å². The van der Waals surface area contributed by atoms with E-state index in [1.165, 1.54) is 11.1 Å². The topological polar surface area (TPSA) is 69.4 Å². The lowest BCUT2D eigenvalue weighted by molar-refractivity contribution is 0.0484. The van der Waals surface area contributed by atoms with Crippen LogP contribution in [0.5, 0.6) is 5.75 Å². The molecule has 0 radical (unpaired) electrons. The fraction of sp³-hybridized carbons (Fsp3) is 0.600. The highest BCUT2D eigenvalue weighted by atomic mass is 16.5. The summed E-state index contributed by atoms with van der Waals surface area (Å²) in [5.41, 5.74) is 2.33. The quantitative estimate of drug-likeness (QED) is 0.885. The number of nitrogens with zero attached hydrogens (tertiary/aromatic N) is 2. The largest absolute Gasteiger partial charge is 0.487 e. The van der Waals surface area contributed by atoms with E-state index in [1.807, 2.05) is 6.92 Å². The molecule has 2 aromatic rings. The van der Waals surface area contributed by atoms with Crippen molar-refractivity contribution in [3.05, 3.63) is 41.0 Å². The van der Waals surface area contributed by atoms with Crippen molar-refractivity contribution >= 4 is 0 Å². The van der Waals surface area contributed by atoms with E-state index in [9.17, 15) is 0 Å². The fourth-order valence-electron chi connectivity index (χ4n) is 3.98. The van der Waals surface area contributed by atoms with Crippen LogP contribution in [-0.4, -0.2) is 29.0 Å². The van der Waals surface area contributed by atoms with Crippen LogP contribution in [0.25, 0.3) is 0 Å². The summed E-state index contributed by atoms with van der Waals surface area (Å²) in [6.45, 7) is 8.41. The summed E-state index contributed by atoms with van der Waals surface area (Å²) in [5.74, 6) is 2.79. The zero-order valence-electron chi connectivity index (χ0n) is 15.7. The van der Waals surface area contributed by atoms with Gasteiger partial charge in [0.1, 0.15) is 11.4 Å². The van der Waals surface area contributed by atoms with Gasteiger partial charge in [0.05, 0.1) is 6.04 Å². The summed E-state index contributed by atoms with van der Waals surface area (Å²) in [6.07, 6.45) is 2.94. The smallest absolute Gasteiger partial charge is 0.244 e. The average Bonchev–Trinajstić information content (AvgIpc) is 3.18. The maximum Gasteiger partial charge on any atom is 0.244 e. The standard InChI is InChI=1S/C20H27N3O3/c1-13-22-19(26-23-13)17(14-7-9-24-10-8-14)21-12-16-6-4-5-15-11-20(2,3)25-18(15)16/h4-6,14,17,21H,7-12H2,1-3H3/t17-/m1/s1. The molecule has 6 nitrogen and oxygen atoms in total. The molecule has 0 saturated carbocycles. The molecule has 1 aromatic carbocycles. The molecule has 26 heavy (non-hydrogen) atoms. The second kappa shape index (κ2) is 7.00. The van der Waals surface area contributed by atoms with Gasteiger partial charge in [0.15, 0.2) is 5.82 Å². The summed E-state index contributed by atoms with van der Waals surface area (Å²) in [6, 6.07) is 6.43. The number of aromatic nitrogens is 2. The number of aryl methyl sites for hydroxylation is 1. The van der Waals surface area contributed by atoms with Gasteiger partial charge in [-0.1, -0.05) is 23.4 Å². The first-order valence-electron chi connectivity index (χ1n) is 9.43. The number of ether oxygens (including phenoxy) is 2. The fourth-order valence-corrected chi connectivity index (χ4v) is 3.98. The highest BCUT2D eigenvalue weighted by Crippen LogP contribution is 2.38. The first-order chi connectivity index (χ1) is 12.5. The molecule has 0 aliphatic carbocycles. The Labute approximate surface area is 154 Å². The number of para-hydroxylation sites is 1. The Bertz CT molecular complexity index is 765. The molecule has 0 spiro atoms. The van der Waals surface area contributed by atoms with Crippen molar-refractivity contribution in [1.82, 2.24) is 15.5 Å². The zero-order valence-corrected chi connectivity index (χ0v) is 15.7. The van der Waals surface area contributed by atoms with Gasteiger partial charge in [0, 0.05) is 31.7 Å². The number of hydrogen-bond acceptors (Lipinski definition) is 6. The third-order valence-corrected chi connectivity index (χ3v) is 5.23. The molecule has 1 atom stereocenters. The lowest BCUT2D eigenvalue weighted by Crippen LogP contribution is -2.32. The summed E-state index contributed by atoms with van der Waals surface area (Å²) in [4.78, 5) is 4.48. The van der Waals surface area contributed by atoms with E-state index in [1.54, 1.807) is 0 Å². The molecule has 6 heteroatoms. The highest BCUT2D eigenvalue weighted by Gasteiger charge is 2.33. The second-order valence-corrected chi connectivity index (χ2v) is 7.93. The maximum atomic E-state index is 6.20. The van der Waals surface area contributed by atoms with E-state index >= 15 is 0 Å². The third-order valence-electron chi connectivity index (χ3n) is 5.23. The van der Waals surface area contributed by atoms with Crippen molar-refractivity contribution in [2.75, 3.05) is 13.2 Å². The van der Waals surface area contributed by atoms with Crippen LogP contribution in [-0.2, 0) is 17.7 Å². The van der Waals surface area contributed by atoms with Crippen molar-refractivity contribution < 1.29 is 14.0 Å². The number of hydrogen-bond donors (Lipinski definition) is 1. The Morgan fingerprint density at radius 2 is 2.08 bits per heavy atom. The van der Waals surface area contributed by atoms with Gasteiger partial charge in [0.2, 0.25) is 5.89 Å². The molecule has 2 aliphatic rings. The van der Waals surface area contributed by atoms with Gasteiger partial charge in [-0.25, -0.2) is 0 Å². The molecule has 3 heterocycles. The van der Waals surface area contributed by atoms with Gasteiger partial charge in [-0.05, 0) is 45.1 Å². The molecule has 1 N–H and O–H groups in total. The SMILES string of the molecule is Cc1noc([C@H](NCc2cccc3c2OC(C)(C)C3)C2CCOCC2)n1. The average molecular weight is 357 g/mol. The van der Waals surface area contributed by atoms with Crippen molar-refractivity contribution in [2.24, 2.45) is 5.92 Å². The molecule has 0 unspecified atom stereocenters. The van der Waals surface area contributed by atoms with Crippen molar-refractivity contribution in [3.8, 4) is 5.75 Å². The monoisotopic (exact) mass is 357 g/mol. The van der Waals surface area contributed by atoms with Gasteiger partial charge >= 0.3 is 0 Å². The molecule has 140 valence electrons. The number of benzene rings is 1. The van der Waals surface area contributed by atoms with E-state index in [0.717, 1.165) is 38.2 Å². The molecule has 1 aromatic heterocycles. The third kappa shape index (κ3) is 3.62. The molecule has 0 bridgehead atoms. The number of nitrogens with one attached hydrogen (secondary N) is 1. The van der Waals surface area contributed by atoms with Crippen LogP contribution in [0.4, 0.5) is 0 Å². The lowest BCUT2D eigenvalue weighted by Gasteiger charge is -2.29. The summed E-state index contributed by atoms with van der Waals surface area (Å²) in [5, 5.41) is 7.64. The minimum atomic E-state index is -0.137. The van der Waals surface area contributed by atoms with Crippen LogP contribution in [0.1, 0.15) is 55.6 Å². The molecule has 2 aliphatic heterocycles. The molecule has 1 saturated heterocycles. The van der Waals surface area contributed by atoms with E-state index in [2.05, 4.69) is 47.5 Å². The van der Waals surface area contributed by atoms with Crippen LogP contribution < -0.4 is 10.1 Å². The normalized spacial score (nSPS) is 20.6. The van der Waals surface area contributed by atoms with Gasteiger partial charge < -0.3 is 19.3 Å². The first kappa shape index (κ1) is 17.5. The van der Waals surface area contributed by atoms with Crippen molar-refractivity contribution in [3.63, 3.8) is 0 Å². The van der Waals surface area contributed by atoms with Crippen LogP contribution in [0.2, 0.25) is 0 Å². The van der Waals surface area contributed by atoms with E-state index < -0.39 is 0 Å². The van der Waals surface area contributed by atoms with Crippen LogP contribution in [0, 0.1) is 12.8 Å². The Kier molecular flexibility index (Phi) is 4.71. The van der Waals surface area contributed by atoms with Crippen LogP contribution in [0.15, 0.2) is 22.7 Å². The van der Waals surface area contributed by atoms with Gasteiger partial charge in [0.25, 0.3) is 0 Å². The van der Waals surface area contributed by atoms with Gasteiger partial charge in [-0.15, -0.1) is 0 Å². The second-order valence-electron chi connectivity index (χ2n) is 7.93. The Morgan fingerprint density at radius 3 is 2.81 bits per heavy atom. The molecule has 0 amide bonds. The predicted molar refractivity (Wildman–Crippen MR) is 97.0 cm³/mol. The van der Waals surface area contributed by atoms with Crippen LogP contribution >= 0.6 is 0 Å². The summed E-state index contributed by atoms with van der Waals surface area (Å²) >= 11 is 0. The summed E-state index contributed by atoms with van der Waals surface area (Å²) in [7, 11) is 0. The molecule has 4 rings (SSSR count). The van der Waals surface area contributed by atoms with Crippen LogP contribution in [0.3, 0.4) is 0 Å². The Balaban J connectivity index is 1.53. The van der Waals surface area contributed by atoms with E-state index in [0.29, 0.717) is 24.2 Å². The van der Waals surface area contributed by atoms with Gasteiger partial charge in [-0.3, -0.25) is 0 Å². The molecule has 1 fully saturated rings. The van der Waals surface area contributed by atoms with Gasteiger partial charge in [-0.2, -0.15) is 4.98 Å².